The highest BCUT2D eigenvalue weighted by Crippen LogP contribution is 2.34. The van der Waals surface area contributed by atoms with Gasteiger partial charge in [0.25, 0.3) is 10.1 Å². The highest BCUT2D eigenvalue weighted by molar-refractivity contribution is 7.85. The third kappa shape index (κ3) is 3.34. The lowest BCUT2D eigenvalue weighted by molar-refractivity contribution is 0.395. The number of rotatable bonds is 5. The van der Waals surface area contributed by atoms with Gasteiger partial charge < -0.3 is 10.2 Å². The topological polar surface area (TPSA) is 94.8 Å². The van der Waals surface area contributed by atoms with Crippen molar-refractivity contribution in [3.63, 3.8) is 0 Å². The summed E-state index contributed by atoms with van der Waals surface area (Å²) >= 11 is 0. The van der Waals surface area contributed by atoms with E-state index < -0.39 is 15.9 Å². The largest absolute Gasteiger partial charge is 0.504 e. The van der Waals surface area contributed by atoms with Gasteiger partial charge in [0.05, 0.1) is 0 Å². The molecule has 3 N–H and O–H groups in total. The fraction of sp³-hybridized carbons (Fsp3) is 0.455. The molecule has 0 aliphatic heterocycles. The minimum absolute atomic E-state index is 0.0703. The Hall–Kier alpha value is -1.27. The van der Waals surface area contributed by atoms with E-state index in [-0.39, 0.29) is 16.2 Å². The summed E-state index contributed by atoms with van der Waals surface area (Å²) < 4.78 is 31.2. The molecule has 96 valence electrons. The Morgan fingerprint density at radius 2 is 1.82 bits per heavy atom. The highest BCUT2D eigenvalue weighted by atomic mass is 32.2. The van der Waals surface area contributed by atoms with Crippen LogP contribution in [0.3, 0.4) is 0 Å². The molecule has 0 spiro atoms. The van der Waals surface area contributed by atoms with E-state index in [1.54, 1.807) is 0 Å². The molecule has 1 aromatic rings. The summed E-state index contributed by atoms with van der Waals surface area (Å²) in [5.41, 5.74) is 0.0703. The number of unbranched alkanes of at least 4 members (excludes halogenated alkanes) is 2. The molecule has 0 aliphatic rings. The standard InChI is InChI=1S/C11H16O5S/c1-2-3-4-5-8-10(17(14,15)16)7-6-9(12)11(8)13/h6-7,12-13H,2-5H2,1H3,(H,14,15,16). The third-order valence-electron chi connectivity index (χ3n) is 2.53. The number of benzene rings is 1. The first kappa shape index (κ1) is 13.8. The van der Waals surface area contributed by atoms with Crippen LogP contribution in [0.4, 0.5) is 0 Å². The molecular weight excluding hydrogens is 244 g/mol. The van der Waals surface area contributed by atoms with Crippen molar-refractivity contribution in [3.8, 4) is 11.5 Å². The van der Waals surface area contributed by atoms with Gasteiger partial charge in [-0.2, -0.15) is 8.42 Å². The number of phenolic OH excluding ortho intramolecular Hbond substituents is 2. The van der Waals surface area contributed by atoms with Gasteiger partial charge in [-0.3, -0.25) is 4.55 Å². The number of aromatic hydroxyl groups is 2. The zero-order chi connectivity index (χ0) is 13.1. The molecule has 1 aromatic carbocycles. The maximum atomic E-state index is 11.1. The van der Waals surface area contributed by atoms with Gasteiger partial charge in [-0.25, -0.2) is 0 Å². The molecule has 17 heavy (non-hydrogen) atoms. The average molecular weight is 260 g/mol. The van der Waals surface area contributed by atoms with Gasteiger partial charge >= 0.3 is 0 Å². The van der Waals surface area contributed by atoms with Crippen LogP contribution in [0.5, 0.6) is 11.5 Å². The molecule has 0 amide bonds. The van der Waals surface area contributed by atoms with Gasteiger partial charge in [0.2, 0.25) is 0 Å². The second-order valence-electron chi connectivity index (χ2n) is 3.84. The summed E-state index contributed by atoms with van der Waals surface area (Å²) in [5, 5.41) is 18.9. The highest BCUT2D eigenvalue weighted by Gasteiger charge is 2.20. The van der Waals surface area contributed by atoms with Crippen LogP contribution in [-0.4, -0.2) is 23.2 Å². The predicted octanol–water partition coefficient (Wildman–Crippen LogP) is 2.08. The van der Waals surface area contributed by atoms with Crippen molar-refractivity contribution in [2.24, 2.45) is 0 Å². The molecule has 0 heterocycles. The first-order valence-electron chi connectivity index (χ1n) is 5.39. The molecule has 0 bridgehead atoms. The molecular formula is C11H16O5S. The normalized spacial score (nSPS) is 11.6. The van der Waals surface area contributed by atoms with E-state index in [0.717, 1.165) is 25.0 Å². The second-order valence-corrected chi connectivity index (χ2v) is 5.23. The Bertz CT molecular complexity index is 493. The summed E-state index contributed by atoms with van der Waals surface area (Å²) in [4.78, 5) is -0.344. The fourth-order valence-corrected chi connectivity index (χ4v) is 2.39. The second kappa shape index (κ2) is 5.37. The molecule has 0 unspecified atom stereocenters. The van der Waals surface area contributed by atoms with Gasteiger partial charge in [-0.1, -0.05) is 19.8 Å². The average Bonchev–Trinajstić information content (AvgIpc) is 2.23. The lowest BCUT2D eigenvalue weighted by atomic mass is 10.1. The molecule has 0 radical (unpaired) electrons. The van der Waals surface area contributed by atoms with Crippen LogP contribution in [0.2, 0.25) is 0 Å². The van der Waals surface area contributed by atoms with Gasteiger partial charge in [0.1, 0.15) is 4.90 Å². The molecule has 0 saturated carbocycles. The van der Waals surface area contributed by atoms with Crippen LogP contribution in [0.1, 0.15) is 31.7 Å². The summed E-state index contributed by atoms with van der Waals surface area (Å²) in [6.07, 6.45) is 2.79. The molecule has 1 rings (SSSR count). The van der Waals surface area contributed by atoms with E-state index in [2.05, 4.69) is 0 Å². The monoisotopic (exact) mass is 260 g/mol. The maximum absolute atomic E-state index is 11.1. The molecule has 0 aliphatic carbocycles. The van der Waals surface area contributed by atoms with Crippen LogP contribution >= 0.6 is 0 Å². The smallest absolute Gasteiger partial charge is 0.294 e. The Morgan fingerprint density at radius 1 is 1.18 bits per heavy atom. The van der Waals surface area contributed by atoms with E-state index in [0.29, 0.717) is 12.8 Å². The molecule has 0 saturated heterocycles. The maximum Gasteiger partial charge on any atom is 0.294 e. The quantitative estimate of drug-likeness (QED) is 0.428. The van der Waals surface area contributed by atoms with Crippen LogP contribution in [0.25, 0.3) is 0 Å². The van der Waals surface area contributed by atoms with E-state index in [1.807, 2.05) is 6.92 Å². The van der Waals surface area contributed by atoms with Crippen LogP contribution < -0.4 is 0 Å². The van der Waals surface area contributed by atoms with Crippen LogP contribution in [0, 0.1) is 0 Å². The van der Waals surface area contributed by atoms with Crippen molar-refractivity contribution >= 4 is 10.1 Å². The predicted molar refractivity (Wildman–Crippen MR) is 62.8 cm³/mol. The van der Waals surface area contributed by atoms with Gasteiger partial charge in [-0.05, 0) is 25.0 Å². The van der Waals surface area contributed by atoms with Crippen molar-refractivity contribution in [2.45, 2.75) is 37.5 Å². The van der Waals surface area contributed by atoms with E-state index in [9.17, 15) is 18.6 Å². The van der Waals surface area contributed by atoms with Crippen molar-refractivity contribution in [2.75, 3.05) is 0 Å². The van der Waals surface area contributed by atoms with Gasteiger partial charge in [0.15, 0.2) is 11.5 Å². The first-order chi connectivity index (χ1) is 7.88. The molecule has 0 atom stereocenters. The minimum Gasteiger partial charge on any atom is -0.504 e. The van der Waals surface area contributed by atoms with Crippen molar-refractivity contribution in [3.05, 3.63) is 17.7 Å². The first-order valence-corrected chi connectivity index (χ1v) is 6.83. The Kier molecular flexibility index (Phi) is 4.36. The van der Waals surface area contributed by atoms with E-state index >= 15 is 0 Å². The summed E-state index contributed by atoms with van der Waals surface area (Å²) in [6.45, 7) is 1.99. The summed E-state index contributed by atoms with van der Waals surface area (Å²) in [5.74, 6) is -0.861. The van der Waals surface area contributed by atoms with Gasteiger partial charge in [-0.15, -0.1) is 0 Å². The Balaban J connectivity index is 3.18. The zero-order valence-corrected chi connectivity index (χ0v) is 10.4. The van der Waals surface area contributed by atoms with Crippen molar-refractivity contribution in [1.82, 2.24) is 0 Å². The number of hydrogen-bond acceptors (Lipinski definition) is 4. The minimum atomic E-state index is -4.38. The third-order valence-corrected chi connectivity index (χ3v) is 3.47. The zero-order valence-electron chi connectivity index (χ0n) is 9.55. The van der Waals surface area contributed by atoms with Gasteiger partial charge in [0, 0.05) is 5.56 Å². The van der Waals surface area contributed by atoms with Crippen LogP contribution in [0.15, 0.2) is 17.0 Å². The SMILES string of the molecule is CCCCCc1c(S(=O)(=O)O)ccc(O)c1O. The number of phenols is 2. The molecule has 0 aromatic heterocycles. The van der Waals surface area contributed by atoms with E-state index in [1.165, 1.54) is 0 Å². The van der Waals surface area contributed by atoms with Crippen LogP contribution in [-0.2, 0) is 16.5 Å². The van der Waals surface area contributed by atoms with Crippen molar-refractivity contribution in [1.29, 1.82) is 0 Å². The summed E-state index contributed by atoms with van der Waals surface area (Å²) in [6, 6.07) is 2.13. The Morgan fingerprint density at radius 3 is 2.35 bits per heavy atom. The number of hydrogen-bond donors (Lipinski definition) is 3. The molecule has 6 heteroatoms. The lowest BCUT2D eigenvalue weighted by Gasteiger charge is -2.10. The van der Waals surface area contributed by atoms with Crippen molar-refractivity contribution < 1.29 is 23.2 Å². The van der Waals surface area contributed by atoms with E-state index in [4.69, 9.17) is 4.55 Å². The Labute approximate surface area is 100 Å². The molecule has 5 nitrogen and oxygen atoms in total. The fourth-order valence-electron chi connectivity index (χ4n) is 1.64. The lowest BCUT2D eigenvalue weighted by Crippen LogP contribution is -2.03. The molecule has 0 fully saturated rings. The summed E-state index contributed by atoms with van der Waals surface area (Å²) in [7, 11) is -4.38.